The molecule has 0 aliphatic heterocycles. The second kappa shape index (κ2) is 4.26. The summed E-state index contributed by atoms with van der Waals surface area (Å²) in [7, 11) is 0. The third kappa shape index (κ3) is 1.88. The van der Waals surface area contributed by atoms with Gasteiger partial charge in [-0.2, -0.15) is 0 Å². The molecule has 88 valence electrons. The van der Waals surface area contributed by atoms with Crippen molar-refractivity contribution in [2.45, 2.75) is 13.8 Å². The van der Waals surface area contributed by atoms with Gasteiger partial charge in [-0.3, -0.25) is 4.98 Å². The Morgan fingerprint density at radius 1 is 0.833 bits per heavy atom. The highest BCUT2D eigenvalue weighted by Gasteiger charge is 2.05. The molecule has 0 aliphatic carbocycles. The maximum Gasteiger partial charge on any atom is 0.0710 e. The lowest BCUT2D eigenvalue weighted by Gasteiger charge is -2.08. The van der Waals surface area contributed by atoms with E-state index in [1.807, 2.05) is 12.3 Å². The summed E-state index contributed by atoms with van der Waals surface area (Å²) in [6.07, 6.45) is 1.85. The number of aromatic nitrogens is 1. The standard InChI is InChI=1S/C17H15N/c1-12-5-3-6-14(9-12)16-10-13(2)11-17-15(16)7-4-8-18-17/h3-11H,1-2H3. The van der Waals surface area contributed by atoms with Crippen LogP contribution in [0.3, 0.4) is 0 Å². The van der Waals surface area contributed by atoms with Crippen LogP contribution in [0.5, 0.6) is 0 Å². The number of aryl methyl sites for hydroxylation is 2. The number of benzene rings is 2. The monoisotopic (exact) mass is 233 g/mol. The van der Waals surface area contributed by atoms with Gasteiger partial charge in [0.15, 0.2) is 0 Å². The van der Waals surface area contributed by atoms with E-state index in [1.165, 1.54) is 27.6 Å². The van der Waals surface area contributed by atoms with Gasteiger partial charge in [-0.05, 0) is 42.7 Å². The van der Waals surface area contributed by atoms with Crippen LogP contribution in [0.2, 0.25) is 0 Å². The number of hydrogen-bond donors (Lipinski definition) is 0. The molecule has 0 bridgehead atoms. The Kier molecular flexibility index (Phi) is 2.60. The number of pyridine rings is 1. The van der Waals surface area contributed by atoms with Crippen molar-refractivity contribution in [1.82, 2.24) is 4.98 Å². The molecular weight excluding hydrogens is 218 g/mol. The zero-order valence-corrected chi connectivity index (χ0v) is 10.6. The lowest BCUT2D eigenvalue weighted by atomic mass is 9.97. The normalized spacial score (nSPS) is 10.8. The van der Waals surface area contributed by atoms with Crippen molar-refractivity contribution < 1.29 is 0 Å². The number of hydrogen-bond acceptors (Lipinski definition) is 1. The van der Waals surface area contributed by atoms with E-state index < -0.39 is 0 Å². The summed E-state index contributed by atoms with van der Waals surface area (Å²) in [6, 6.07) is 17.1. The van der Waals surface area contributed by atoms with Crippen molar-refractivity contribution in [3.63, 3.8) is 0 Å². The van der Waals surface area contributed by atoms with Crippen molar-refractivity contribution >= 4 is 10.9 Å². The van der Waals surface area contributed by atoms with E-state index in [-0.39, 0.29) is 0 Å². The Bertz CT molecular complexity index is 714. The highest BCUT2D eigenvalue weighted by molar-refractivity contribution is 5.95. The van der Waals surface area contributed by atoms with E-state index >= 15 is 0 Å². The molecule has 0 saturated carbocycles. The van der Waals surface area contributed by atoms with Crippen LogP contribution in [-0.2, 0) is 0 Å². The van der Waals surface area contributed by atoms with Crippen LogP contribution in [0, 0.1) is 13.8 Å². The third-order valence-corrected chi connectivity index (χ3v) is 3.19. The summed E-state index contributed by atoms with van der Waals surface area (Å²) < 4.78 is 0. The molecule has 1 heteroatoms. The second-order valence-corrected chi connectivity index (χ2v) is 4.75. The summed E-state index contributed by atoms with van der Waals surface area (Å²) in [5, 5.41) is 1.22. The Balaban J connectivity index is 2.34. The topological polar surface area (TPSA) is 12.9 Å². The first-order chi connectivity index (χ1) is 8.74. The van der Waals surface area contributed by atoms with Gasteiger partial charge >= 0.3 is 0 Å². The molecule has 0 amide bonds. The van der Waals surface area contributed by atoms with E-state index in [9.17, 15) is 0 Å². The van der Waals surface area contributed by atoms with Crippen molar-refractivity contribution in [2.24, 2.45) is 0 Å². The van der Waals surface area contributed by atoms with Crippen LogP contribution in [0.25, 0.3) is 22.0 Å². The highest BCUT2D eigenvalue weighted by atomic mass is 14.6. The van der Waals surface area contributed by atoms with E-state index in [2.05, 4.69) is 61.3 Å². The minimum atomic E-state index is 1.06. The van der Waals surface area contributed by atoms with Gasteiger partial charge in [0, 0.05) is 11.6 Å². The molecule has 0 unspecified atom stereocenters. The molecule has 3 rings (SSSR count). The summed E-state index contributed by atoms with van der Waals surface area (Å²) in [5.74, 6) is 0. The fourth-order valence-corrected chi connectivity index (χ4v) is 2.37. The molecule has 0 fully saturated rings. The first-order valence-corrected chi connectivity index (χ1v) is 6.16. The van der Waals surface area contributed by atoms with Gasteiger partial charge in [0.05, 0.1) is 5.52 Å². The van der Waals surface area contributed by atoms with E-state index in [1.54, 1.807) is 0 Å². The number of fused-ring (bicyclic) bond motifs is 1. The van der Waals surface area contributed by atoms with E-state index in [4.69, 9.17) is 0 Å². The quantitative estimate of drug-likeness (QED) is 0.602. The van der Waals surface area contributed by atoms with Gasteiger partial charge in [0.1, 0.15) is 0 Å². The summed E-state index contributed by atoms with van der Waals surface area (Å²) >= 11 is 0. The first kappa shape index (κ1) is 11.0. The van der Waals surface area contributed by atoms with Crippen LogP contribution in [0.1, 0.15) is 11.1 Å². The zero-order valence-electron chi connectivity index (χ0n) is 10.6. The molecule has 0 radical (unpaired) electrons. The van der Waals surface area contributed by atoms with Gasteiger partial charge in [-0.15, -0.1) is 0 Å². The smallest absolute Gasteiger partial charge is 0.0710 e. The summed E-state index contributed by atoms with van der Waals surface area (Å²) in [6.45, 7) is 4.24. The Hall–Kier alpha value is -2.15. The largest absolute Gasteiger partial charge is 0.256 e. The van der Waals surface area contributed by atoms with Crippen molar-refractivity contribution in [1.29, 1.82) is 0 Å². The predicted molar refractivity (Wildman–Crippen MR) is 76.7 cm³/mol. The molecule has 3 aromatic rings. The van der Waals surface area contributed by atoms with Crippen molar-refractivity contribution in [3.05, 3.63) is 65.9 Å². The maximum atomic E-state index is 4.45. The maximum absolute atomic E-state index is 4.45. The Morgan fingerprint density at radius 3 is 2.56 bits per heavy atom. The SMILES string of the molecule is Cc1cccc(-c2cc(C)cc3ncccc23)c1. The van der Waals surface area contributed by atoms with Gasteiger partial charge in [-0.1, -0.05) is 42.0 Å². The van der Waals surface area contributed by atoms with E-state index in [0.29, 0.717) is 0 Å². The van der Waals surface area contributed by atoms with E-state index in [0.717, 1.165) is 5.52 Å². The lowest BCUT2D eigenvalue weighted by Crippen LogP contribution is -1.86. The highest BCUT2D eigenvalue weighted by Crippen LogP contribution is 2.29. The summed E-state index contributed by atoms with van der Waals surface area (Å²) in [4.78, 5) is 4.45. The summed E-state index contributed by atoms with van der Waals surface area (Å²) in [5.41, 5.74) is 6.12. The molecular formula is C17H15N. The van der Waals surface area contributed by atoms with Crippen LogP contribution < -0.4 is 0 Å². The van der Waals surface area contributed by atoms with Crippen LogP contribution >= 0.6 is 0 Å². The molecule has 0 N–H and O–H groups in total. The minimum absolute atomic E-state index is 1.06. The molecule has 1 aromatic heterocycles. The molecule has 0 saturated heterocycles. The van der Waals surface area contributed by atoms with Gasteiger partial charge in [-0.25, -0.2) is 0 Å². The van der Waals surface area contributed by atoms with Crippen LogP contribution in [-0.4, -0.2) is 4.98 Å². The fraction of sp³-hybridized carbons (Fsp3) is 0.118. The van der Waals surface area contributed by atoms with Crippen molar-refractivity contribution in [3.8, 4) is 11.1 Å². The lowest BCUT2D eigenvalue weighted by molar-refractivity contribution is 1.38. The second-order valence-electron chi connectivity index (χ2n) is 4.75. The van der Waals surface area contributed by atoms with Crippen molar-refractivity contribution in [2.75, 3.05) is 0 Å². The molecule has 1 heterocycles. The fourth-order valence-electron chi connectivity index (χ4n) is 2.37. The van der Waals surface area contributed by atoms with Crippen LogP contribution in [0.4, 0.5) is 0 Å². The molecule has 0 spiro atoms. The Labute approximate surface area is 107 Å². The molecule has 2 aromatic carbocycles. The molecule has 0 aliphatic rings. The molecule has 1 nitrogen and oxygen atoms in total. The van der Waals surface area contributed by atoms with Gasteiger partial charge in [0.25, 0.3) is 0 Å². The third-order valence-electron chi connectivity index (χ3n) is 3.19. The first-order valence-electron chi connectivity index (χ1n) is 6.16. The van der Waals surface area contributed by atoms with Crippen LogP contribution in [0.15, 0.2) is 54.7 Å². The molecule has 18 heavy (non-hydrogen) atoms. The van der Waals surface area contributed by atoms with Gasteiger partial charge in [0.2, 0.25) is 0 Å². The average molecular weight is 233 g/mol. The average Bonchev–Trinajstić information content (AvgIpc) is 2.37. The Morgan fingerprint density at radius 2 is 1.72 bits per heavy atom. The molecule has 0 atom stereocenters. The number of nitrogens with zero attached hydrogens (tertiary/aromatic N) is 1. The number of rotatable bonds is 1. The predicted octanol–water partition coefficient (Wildman–Crippen LogP) is 4.52. The van der Waals surface area contributed by atoms with Gasteiger partial charge < -0.3 is 0 Å². The zero-order chi connectivity index (χ0) is 12.5. The minimum Gasteiger partial charge on any atom is -0.256 e.